The summed E-state index contributed by atoms with van der Waals surface area (Å²) in [7, 11) is 0. The number of aryl methyl sites for hydroxylation is 2. The molecule has 2 rings (SSSR count). The third-order valence-corrected chi connectivity index (χ3v) is 4.73. The highest BCUT2D eigenvalue weighted by molar-refractivity contribution is 5.32. The SMILES string of the molecule is Cc1ccc(C(CN)N2CCC(C)(C)CC2)cc1C. The molecule has 1 fully saturated rings. The molecule has 1 heterocycles. The van der Waals surface area contributed by atoms with E-state index < -0.39 is 0 Å². The zero-order valence-electron chi connectivity index (χ0n) is 12.9. The molecule has 1 unspecified atom stereocenters. The molecule has 0 aliphatic carbocycles. The van der Waals surface area contributed by atoms with Crippen LogP contribution in [0.4, 0.5) is 0 Å². The predicted octanol–water partition coefficient (Wildman–Crippen LogP) is 3.43. The highest BCUT2D eigenvalue weighted by Crippen LogP contribution is 2.33. The van der Waals surface area contributed by atoms with E-state index in [2.05, 4.69) is 50.8 Å². The van der Waals surface area contributed by atoms with Gasteiger partial charge in [-0.2, -0.15) is 0 Å². The van der Waals surface area contributed by atoms with E-state index in [1.165, 1.54) is 42.6 Å². The number of nitrogens with two attached hydrogens (primary N) is 1. The highest BCUT2D eigenvalue weighted by Gasteiger charge is 2.29. The van der Waals surface area contributed by atoms with Crippen LogP contribution < -0.4 is 5.73 Å². The maximum absolute atomic E-state index is 6.05. The predicted molar refractivity (Wildman–Crippen MR) is 82.3 cm³/mol. The van der Waals surface area contributed by atoms with E-state index in [9.17, 15) is 0 Å². The van der Waals surface area contributed by atoms with Gasteiger partial charge in [-0.05, 0) is 61.9 Å². The fourth-order valence-corrected chi connectivity index (χ4v) is 2.91. The summed E-state index contributed by atoms with van der Waals surface area (Å²) in [6.07, 6.45) is 2.54. The zero-order chi connectivity index (χ0) is 14.0. The topological polar surface area (TPSA) is 29.3 Å². The van der Waals surface area contributed by atoms with Gasteiger partial charge in [-0.25, -0.2) is 0 Å². The highest BCUT2D eigenvalue weighted by atomic mass is 15.2. The van der Waals surface area contributed by atoms with E-state index in [1.54, 1.807) is 0 Å². The van der Waals surface area contributed by atoms with Gasteiger partial charge in [0.1, 0.15) is 0 Å². The Hall–Kier alpha value is -0.860. The lowest BCUT2D eigenvalue weighted by Gasteiger charge is -2.41. The summed E-state index contributed by atoms with van der Waals surface area (Å²) in [6.45, 7) is 12.1. The molecule has 1 aliphatic rings. The van der Waals surface area contributed by atoms with Crippen LogP contribution in [0.25, 0.3) is 0 Å². The first-order chi connectivity index (χ1) is 8.93. The second kappa shape index (κ2) is 5.64. The van der Waals surface area contributed by atoms with Crippen molar-refractivity contribution in [2.75, 3.05) is 19.6 Å². The van der Waals surface area contributed by atoms with E-state index >= 15 is 0 Å². The molecule has 1 aromatic carbocycles. The average molecular weight is 260 g/mol. The summed E-state index contributed by atoms with van der Waals surface area (Å²) in [5.41, 5.74) is 10.7. The second-order valence-electron chi connectivity index (χ2n) is 6.80. The summed E-state index contributed by atoms with van der Waals surface area (Å²) in [5.74, 6) is 0. The van der Waals surface area contributed by atoms with Crippen LogP contribution in [0, 0.1) is 19.3 Å². The van der Waals surface area contributed by atoms with Crippen LogP contribution in [0.2, 0.25) is 0 Å². The van der Waals surface area contributed by atoms with Gasteiger partial charge in [0.25, 0.3) is 0 Å². The van der Waals surface area contributed by atoms with E-state index in [0.717, 1.165) is 0 Å². The first-order valence-corrected chi connectivity index (χ1v) is 7.44. The van der Waals surface area contributed by atoms with Crippen LogP contribution in [0.3, 0.4) is 0 Å². The van der Waals surface area contributed by atoms with Crippen molar-refractivity contribution in [1.29, 1.82) is 0 Å². The lowest BCUT2D eigenvalue weighted by molar-refractivity contribution is 0.0964. The quantitative estimate of drug-likeness (QED) is 0.902. The summed E-state index contributed by atoms with van der Waals surface area (Å²) in [4.78, 5) is 2.56. The second-order valence-corrected chi connectivity index (χ2v) is 6.80. The van der Waals surface area contributed by atoms with Gasteiger partial charge in [0.15, 0.2) is 0 Å². The molecule has 1 aromatic rings. The number of benzene rings is 1. The Morgan fingerprint density at radius 2 is 1.79 bits per heavy atom. The average Bonchev–Trinajstić information content (AvgIpc) is 2.36. The molecular weight excluding hydrogens is 232 g/mol. The Balaban J connectivity index is 2.14. The van der Waals surface area contributed by atoms with Crippen LogP contribution in [0.15, 0.2) is 18.2 Å². The molecule has 106 valence electrons. The van der Waals surface area contributed by atoms with Gasteiger partial charge >= 0.3 is 0 Å². The number of piperidine rings is 1. The van der Waals surface area contributed by atoms with Gasteiger partial charge in [0.2, 0.25) is 0 Å². The van der Waals surface area contributed by atoms with Crippen molar-refractivity contribution < 1.29 is 0 Å². The summed E-state index contributed by atoms with van der Waals surface area (Å²) in [6, 6.07) is 7.17. The Bertz CT molecular complexity index is 427. The van der Waals surface area contributed by atoms with Crippen molar-refractivity contribution in [1.82, 2.24) is 4.90 Å². The van der Waals surface area contributed by atoms with Gasteiger partial charge < -0.3 is 5.73 Å². The molecule has 0 bridgehead atoms. The van der Waals surface area contributed by atoms with Crippen molar-refractivity contribution in [3.8, 4) is 0 Å². The fourth-order valence-electron chi connectivity index (χ4n) is 2.91. The molecule has 1 aliphatic heterocycles. The van der Waals surface area contributed by atoms with Crippen molar-refractivity contribution >= 4 is 0 Å². The Kier molecular flexibility index (Phi) is 4.32. The fraction of sp³-hybridized carbons (Fsp3) is 0.647. The molecule has 2 heteroatoms. The minimum Gasteiger partial charge on any atom is -0.329 e. The molecule has 1 atom stereocenters. The largest absolute Gasteiger partial charge is 0.329 e. The molecule has 1 saturated heterocycles. The van der Waals surface area contributed by atoms with Crippen molar-refractivity contribution in [2.45, 2.75) is 46.6 Å². The normalized spacial score (nSPS) is 21.3. The van der Waals surface area contributed by atoms with Gasteiger partial charge in [-0.1, -0.05) is 32.0 Å². The van der Waals surface area contributed by atoms with E-state index in [4.69, 9.17) is 5.73 Å². The maximum atomic E-state index is 6.05. The molecule has 2 nitrogen and oxygen atoms in total. The summed E-state index contributed by atoms with van der Waals surface area (Å²) in [5, 5.41) is 0. The van der Waals surface area contributed by atoms with Crippen molar-refractivity contribution in [2.24, 2.45) is 11.1 Å². The molecular formula is C17H28N2. The van der Waals surface area contributed by atoms with Gasteiger partial charge in [-0.15, -0.1) is 0 Å². The van der Waals surface area contributed by atoms with E-state index in [1.807, 2.05) is 0 Å². The van der Waals surface area contributed by atoms with Crippen LogP contribution in [-0.4, -0.2) is 24.5 Å². The standard InChI is InChI=1S/C17H28N2/c1-13-5-6-15(11-14(13)2)16(12-18)19-9-7-17(3,4)8-10-19/h5-6,11,16H,7-10,12,18H2,1-4H3. The van der Waals surface area contributed by atoms with Crippen molar-refractivity contribution in [3.63, 3.8) is 0 Å². The van der Waals surface area contributed by atoms with Crippen LogP contribution in [0.1, 0.15) is 49.4 Å². The Labute approximate surface area is 118 Å². The number of rotatable bonds is 3. The molecule has 2 N–H and O–H groups in total. The van der Waals surface area contributed by atoms with E-state index in [0.29, 0.717) is 18.0 Å². The molecule has 0 spiro atoms. The number of nitrogens with zero attached hydrogens (tertiary/aromatic N) is 1. The monoisotopic (exact) mass is 260 g/mol. The minimum absolute atomic E-state index is 0.385. The molecule has 0 radical (unpaired) electrons. The minimum atomic E-state index is 0.385. The molecule has 0 aromatic heterocycles. The first kappa shape index (κ1) is 14.5. The number of hydrogen-bond acceptors (Lipinski definition) is 2. The van der Waals surface area contributed by atoms with Gasteiger partial charge in [0.05, 0.1) is 0 Å². The molecule has 19 heavy (non-hydrogen) atoms. The first-order valence-electron chi connectivity index (χ1n) is 7.44. The number of hydrogen-bond donors (Lipinski definition) is 1. The van der Waals surface area contributed by atoms with Crippen molar-refractivity contribution in [3.05, 3.63) is 34.9 Å². The Morgan fingerprint density at radius 1 is 1.16 bits per heavy atom. The molecule has 0 amide bonds. The maximum Gasteiger partial charge on any atom is 0.0470 e. The lowest BCUT2D eigenvalue weighted by atomic mass is 9.82. The van der Waals surface area contributed by atoms with Gasteiger partial charge in [0, 0.05) is 12.6 Å². The van der Waals surface area contributed by atoms with E-state index in [-0.39, 0.29) is 0 Å². The Morgan fingerprint density at radius 3 is 2.32 bits per heavy atom. The third-order valence-electron chi connectivity index (χ3n) is 4.73. The lowest BCUT2D eigenvalue weighted by Crippen LogP contribution is -2.42. The van der Waals surface area contributed by atoms with Gasteiger partial charge in [-0.3, -0.25) is 4.90 Å². The smallest absolute Gasteiger partial charge is 0.0470 e. The third kappa shape index (κ3) is 3.37. The van der Waals surface area contributed by atoms with Crippen LogP contribution in [-0.2, 0) is 0 Å². The van der Waals surface area contributed by atoms with Crippen LogP contribution in [0.5, 0.6) is 0 Å². The summed E-state index contributed by atoms with van der Waals surface area (Å²) < 4.78 is 0. The number of likely N-dealkylation sites (tertiary alicyclic amines) is 1. The zero-order valence-corrected chi connectivity index (χ0v) is 12.9. The summed E-state index contributed by atoms with van der Waals surface area (Å²) >= 11 is 0. The molecule has 0 saturated carbocycles. The van der Waals surface area contributed by atoms with Crippen LogP contribution >= 0.6 is 0 Å².